The number of para-hydroxylation sites is 1. The van der Waals surface area contributed by atoms with Crippen LogP contribution in [-0.4, -0.2) is 22.3 Å². The first-order valence-electron chi connectivity index (χ1n) is 7.93. The summed E-state index contributed by atoms with van der Waals surface area (Å²) in [6, 6.07) is 8.42. The van der Waals surface area contributed by atoms with Gasteiger partial charge in [0, 0.05) is 29.7 Å². The highest BCUT2D eigenvalue weighted by Crippen LogP contribution is 2.56. The van der Waals surface area contributed by atoms with Crippen LogP contribution in [0.1, 0.15) is 19.4 Å². The lowest BCUT2D eigenvalue weighted by Gasteiger charge is -2.36. The fourth-order valence-electron chi connectivity index (χ4n) is 3.85. The molecule has 0 spiro atoms. The van der Waals surface area contributed by atoms with Crippen molar-refractivity contribution in [2.45, 2.75) is 25.4 Å². The van der Waals surface area contributed by atoms with Crippen molar-refractivity contribution < 1.29 is 0 Å². The largest absolute Gasteiger partial charge is 0.307 e. The van der Waals surface area contributed by atoms with Crippen molar-refractivity contribution >= 4 is 23.5 Å². The number of nitrogens with zero attached hydrogens (tertiary/aromatic N) is 4. The molecule has 2 aliphatic heterocycles. The van der Waals surface area contributed by atoms with E-state index >= 15 is 0 Å². The second kappa shape index (κ2) is 5.03. The Morgan fingerprint density at radius 3 is 2.62 bits per heavy atom. The van der Waals surface area contributed by atoms with Gasteiger partial charge in [-0.05, 0) is 17.7 Å². The van der Waals surface area contributed by atoms with Crippen molar-refractivity contribution in [3.05, 3.63) is 66.7 Å². The maximum Gasteiger partial charge on any atom is 0.178 e. The zero-order valence-electron chi connectivity index (χ0n) is 13.8. The summed E-state index contributed by atoms with van der Waals surface area (Å²) in [6.45, 7) is 8.24. The maximum atomic E-state index is 7.86. The second-order valence-electron chi connectivity index (χ2n) is 6.53. The average molecular weight is 317 g/mol. The Bertz CT molecular complexity index is 868. The van der Waals surface area contributed by atoms with Gasteiger partial charge in [-0.1, -0.05) is 44.7 Å². The van der Waals surface area contributed by atoms with Gasteiger partial charge in [0.25, 0.3) is 0 Å². The monoisotopic (exact) mass is 317 g/mol. The summed E-state index contributed by atoms with van der Waals surface area (Å²) in [6.07, 6.45) is 8.29. The molecule has 0 amide bonds. The number of fused-ring (bicyclic) bond motifs is 5. The third kappa shape index (κ3) is 1.72. The third-order valence-corrected chi connectivity index (χ3v) is 4.82. The van der Waals surface area contributed by atoms with Crippen molar-refractivity contribution in [2.24, 2.45) is 0 Å². The molecule has 1 aromatic carbocycles. The number of anilines is 3. The van der Waals surface area contributed by atoms with Crippen LogP contribution >= 0.6 is 0 Å². The summed E-state index contributed by atoms with van der Waals surface area (Å²) < 4.78 is 0. The molecule has 5 nitrogen and oxygen atoms in total. The first kappa shape index (κ1) is 14.6. The number of benzene rings is 1. The molecule has 2 aromatic rings. The molecule has 120 valence electrons. The van der Waals surface area contributed by atoms with Gasteiger partial charge in [0.2, 0.25) is 0 Å². The molecule has 1 atom stereocenters. The fraction of sp³-hybridized carbons (Fsp3) is 0.211. The van der Waals surface area contributed by atoms with E-state index in [1.807, 2.05) is 12.1 Å². The molecule has 1 aromatic heterocycles. The van der Waals surface area contributed by atoms with E-state index in [9.17, 15) is 0 Å². The predicted octanol–water partition coefficient (Wildman–Crippen LogP) is 3.77. The summed E-state index contributed by atoms with van der Waals surface area (Å²) >= 11 is 0. The molecular formula is C19H19N5. The molecule has 0 radical (unpaired) electrons. The van der Waals surface area contributed by atoms with Crippen molar-refractivity contribution in [1.82, 2.24) is 9.97 Å². The molecule has 0 saturated carbocycles. The highest BCUT2D eigenvalue weighted by atomic mass is 15.5. The Morgan fingerprint density at radius 1 is 1.21 bits per heavy atom. The molecule has 1 N–H and O–H groups in total. The maximum absolute atomic E-state index is 7.86. The summed E-state index contributed by atoms with van der Waals surface area (Å²) in [5.41, 5.74) is 3.03. The molecule has 3 heterocycles. The highest BCUT2D eigenvalue weighted by Gasteiger charge is 2.54. The zero-order valence-corrected chi connectivity index (χ0v) is 13.8. The zero-order chi connectivity index (χ0) is 16.9. The van der Waals surface area contributed by atoms with Gasteiger partial charge in [0.05, 0.1) is 5.70 Å². The van der Waals surface area contributed by atoms with Crippen LogP contribution in [-0.2, 0) is 5.41 Å². The van der Waals surface area contributed by atoms with Crippen LogP contribution < -0.4 is 9.80 Å². The van der Waals surface area contributed by atoms with E-state index in [0.717, 1.165) is 23.0 Å². The topological polar surface area (TPSA) is 56.1 Å². The minimum atomic E-state index is -0.151. The van der Waals surface area contributed by atoms with Crippen molar-refractivity contribution in [3.8, 4) is 0 Å². The molecule has 4 rings (SSSR count). The van der Waals surface area contributed by atoms with E-state index in [-0.39, 0.29) is 11.6 Å². The normalized spacial score (nSPS) is 20.4. The van der Waals surface area contributed by atoms with Gasteiger partial charge in [-0.2, -0.15) is 0 Å². The molecule has 0 aliphatic carbocycles. The molecule has 1 unspecified atom stereocenters. The molecule has 5 heteroatoms. The van der Waals surface area contributed by atoms with Crippen molar-refractivity contribution in [1.29, 1.82) is 5.41 Å². The Balaban J connectivity index is 2.01. The lowest BCUT2D eigenvalue weighted by molar-refractivity contribution is 0.445. The van der Waals surface area contributed by atoms with E-state index in [1.54, 1.807) is 18.5 Å². The van der Waals surface area contributed by atoms with Gasteiger partial charge in [-0.3, -0.25) is 4.90 Å². The Kier molecular flexibility index (Phi) is 3.06. The first-order valence-corrected chi connectivity index (χ1v) is 7.93. The van der Waals surface area contributed by atoms with Crippen LogP contribution in [0.2, 0.25) is 0 Å². The summed E-state index contributed by atoms with van der Waals surface area (Å²) in [5.74, 6) is 1.61. The molecule has 24 heavy (non-hydrogen) atoms. The van der Waals surface area contributed by atoms with Crippen molar-refractivity contribution in [2.75, 3.05) is 9.80 Å². The van der Waals surface area contributed by atoms with Gasteiger partial charge in [-0.15, -0.1) is 0 Å². The number of hydrogen-bond acceptors (Lipinski definition) is 5. The van der Waals surface area contributed by atoms with E-state index in [1.165, 1.54) is 11.8 Å². The van der Waals surface area contributed by atoms with Crippen LogP contribution in [0, 0.1) is 5.41 Å². The SMILES string of the molecule is C=C/C=C(\C=N)N1c2nccnc2N2c3ccccc3C(C)(C)C12. The van der Waals surface area contributed by atoms with Crippen LogP contribution in [0.15, 0.2) is 61.1 Å². The number of aromatic nitrogens is 2. The summed E-state index contributed by atoms with van der Waals surface area (Å²) in [4.78, 5) is 13.5. The van der Waals surface area contributed by atoms with E-state index in [0.29, 0.717) is 0 Å². The number of nitrogens with one attached hydrogen (secondary N) is 1. The minimum Gasteiger partial charge on any atom is -0.307 e. The molecule has 0 fully saturated rings. The van der Waals surface area contributed by atoms with Crippen LogP contribution in [0.3, 0.4) is 0 Å². The van der Waals surface area contributed by atoms with Gasteiger partial charge in [0.15, 0.2) is 11.6 Å². The smallest absolute Gasteiger partial charge is 0.178 e. The van der Waals surface area contributed by atoms with E-state index in [2.05, 4.69) is 58.4 Å². The number of hydrogen-bond donors (Lipinski definition) is 1. The number of rotatable bonds is 3. The van der Waals surface area contributed by atoms with Crippen LogP contribution in [0.25, 0.3) is 0 Å². The van der Waals surface area contributed by atoms with Crippen LogP contribution in [0.4, 0.5) is 17.3 Å². The Labute approximate surface area is 141 Å². The summed E-state index contributed by atoms with van der Waals surface area (Å²) in [7, 11) is 0. The lowest BCUT2D eigenvalue weighted by Crippen LogP contribution is -2.48. The van der Waals surface area contributed by atoms with Gasteiger partial charge in [-0.25, -0.2) is 9.97 Å². The molecule has 2 aliphatic rings. The summed E-state index contributed by atoms with van der Waals surface area (Å²) in [5, 5.41) is 7.86. The van der Waals surface area contributed by atoms with Gasteiger partial charge < -0.3 is 10.3 Å². The highest BCUT2D eigenvalue weighted by molar-refractivity contribution is 5.92. The standard InChI is InChI=1S/C19H19N5/c1-4-7-13(12-20)23-16-17(22-11-10-21-16)24-15-9-6-5-8-14(15)19(2,3)18(23)24/h4-12,18,20H,1H2,2-3H3/b13-7+,20-12?. The molecule has 0 bridgehead atoms. The predicted molar refractivity (Wildman–Crippen MR) is 97.0 cm³/mol. The lowest BCUT2D eigenvalue weighted by atomic mass is 9.83. The minimum absolute atomic E-state index is 0.0138. The third-order valence-electron chi connectivity index (χ3n) is 4.82. The first-order chi connectivity index (χ1) is 11.6. The second-order valence-corrected chi connectivity index (χ2v) is 6.53. The Hall–Kier alpha value is -2.95. The fourth-order valence-corrected chi connectivity index (χ4v) is 3.85. The Morgan fingerprint density at radius 2 is 1.92 bits per heavy atom. The molecular weight excluding hydrogens is 298 g/mol. The van der Waals surface area contributed by atoms with E-state index in [4.69, 9.17) is 5.41 Å². The number of allylic oxidation sites excluding steroid dienone is 3. The van der Waals surface area contributed by atoms with Crippen molar-refractivity contribution in [3.63, 3.8) is 0 Å². The van der Waals surface area contributed by atoms with Gasteiger partial charge in [0.1, 0.15) is 6.17 Å². The average Bonchev–Trinajstić information content (AvgIpc) is 3.06. The van der Waals surface area contributed by atoms with Gasteiger partial charge >= 0.3 is 0 Å². The van der Waals surface area contributed by atoms with E-state index < -0.39 is 0 Å². The quantitative estimate of drug-likeness (QED) is 0.691. The van der Waals surface area contributed by atoms with Crippen LogP contribution in [0.5, 0.6) is 0 Å². The molecule has 0 saturated heterocycles.